The van der Waals surface area contributed by atoms with Gasteiger partial charge in [-0.3, -0.25) is 0 Å². The zero-order valence-electron chi connectivity index (χ0n) is 11.2. The minimum atomic E-state index is -0.400. The van der Waals surface area contributed by atoms with Crippen LogP contribution in [0.3, 0.4) is 0 Å². The Morgan fingerprint density at radius 3 is 2.53 bits per heavy atom. The Hall–Kier alpha value is -1.39. The molecule has 0 bridgehead atoms. The fourth-order valence-corrected chi connectivity index (χ4v) is 1.79. The second kappa shape index (κ2) is 5.80. The van der Waals surface area contributed by atoms with Crippen molar-refractivity contribution in [1.82, 2.24) is 14.8 Å². The molecule has 1 aromatic heterocycles. The van der Waals surface area contributed by atoms with E-state index in [9.17, 15) is 4.79 Å². The smallest absolute Gasteiger partial charge is 0.376 e. The summed E-state index contributed by atoms with van der Waals surface area (Å²) in [5.41, 5.74) is 0. The molecule has 96 valence electrons. The van der Waals surface area contributed by atoms with Gasteiger partial charge in [0.05, 0.1) is 6.61 Å². The molecular weight excluding hydrogens is 218 g/mol. The molecule has 2 atom stereocenters. The van der Waals surface area contributed by atoms with Crippen LogP contribution >= 0.6 is 0 Å². The van der Waals surface area contributed by atoms with Gasteiger partial charge in [0.25, 0.3) is 0 Å². The van der Waals surface area contributed by atoms with Gasteiger partial charge in [-0.2, -0.15) is 0 Å². The molecule has 0 amide bonds. The van der Waals surface area contributed by atoms with Gasteiger partial charge in [0.2, 0.25) is 5.82 Å². The first-order valence-electron chi connectivity index (χ1n) is 6.11. The minimum Gasteiger partial charge on any atom is -0.460 e. The SMILES string of the molecule is CCOC(=O)c1nnc(C)n1C(C)C(C)CC. The van der Waals surface area contributed by atoms with Crippen LogP contribution in [-0.2, 0) is 4.74 Å². The van der Waals surface area contributed by atoms with Crippen LogP contribution in [0.25, 0.3) is 0 Å². The zero-order valence-corrected chi connectivity index (χ0v) is 11.2. The third-order valence-electron chi connectivity index (χ3n) is 3.20. The van der Waals surface area contributed by atoms with Gasteiger partial charge in [-0.15, -0.1) is 10.2 Å². The average Bonchev–Trinajstić information content (AvgIpc) is 2.69. The van der Waals surface area contributed by atoms with Gasteiger partial charge in [-0.1, -0.05) is 20.3 Å². The number of hydrogen-bond donors (Lipinski definition) is 0. The number of ether oxygens (including phenoxy) is 1. The molecule has 0 aliphatic rings. The lowest BCUT2D eigenvalue weighted by molar-refractivity contribution is 0.0501. The third kappa shape index (κ3) is 2.84. The largest absolute Gasteiger partial charge is 0.460 e. The van der Waals surface area contributed by atoms with E-state index in [4.69, 9.17) is 4.74 Å². The van der Waals surface area contributed by atoms with Crippen LogP contribution in [0.5, 0.6) is 0 Å². The lowest BCUT2D eigenvalue weighted by atomic mass is 10.0. The maximum Gasteiger partial charge on any atom is 0.376 e. The summed E-state index contributed by atoms with van der Waals surface area (Å²) in [7, 11) is 0. The summed E-state index contributed by atoms with van der Waals surface area (Å²) in [5, 5.41) is 7.88. The molecule has 5 nitrogen and oxygen atoms in total. The Morgan fingerprint density at radius 1 is 1.35 bits per heavy atom. The van der Waals surface area contributed by atoms with Crippen LogP contribution in [-0.4, -0.2) is 27.3 Å². The van der Waals surface area contributed by atoms with Crippen molar-refractivity contribution >= 4 is 5.97 Å². The van der Waals surface area contributed by atoms with Crippen molar-refractivity contribution in [2.45, 2.75) is 47.1 Å². The Balaban J connectivity index is 3.05. The quantitative estimate of drug-likeness (QED) is 0.740. The van der Waals surface area contributed by atoms with E-state index in [-0.39, 0.29) is 6.04 Å². The lowest BCUT2D eigenvalue weighted by Crippen LogP contribution is -2.21. The molecule has 1 heterocycles. The number of carbonyl (C=O) groups excluding carboxylic acids is 1. The molecule has 5 heteroatoms. The van der Waals surface area contributed by atoms with Crippen molar-refractivity contribution < 1.29 is 9.53 Å². The molecule has 0 saturated carbocycles. The van der Waals surface area contributed by atoms with Crippen molar-refractivity contribution in [3.8, 4) is 0 Å². The molecule has 2 unspecified atom stereocenters. The fraction of sp³-hybridized carbons (Fsp3) is 0.750. The summed E-state index contributed by atoms with van der Waals surface area (Å²) in [4.78, 5) is 11.7. The van der Waals surface area contributed by atoms with E-state index in [1.807, 2.05) is 11.5 Å². The van der Waals surface area contributed by atoms with E-state index in [1.54, 1.807) is 6.92 Å². The van der Waals surface area contributed by atoms with E-state index in [2.05, 4.69) is 31.0 Å². The van der Waals surface area contributed by atoms with Crippen LogP contribution in [0.4, 0.5) is 0 Å². The average molecular weight is 239 g/mol. The fourth-order valence-electron chi connectivity index (χ4n) is 1.79. The summed E-state index contributed by atoms with van der Waals surface area (Å²) in [5.74, 6) is 1.11. The van der Waals surface area contributed by atoms with Gasteiger partial charge in [-0.25, -0.2) is 4.79 Å². The lowest BCUT2D eigenvalue weighted by Gasteiger charge is -2.22. The van der Waals surface area contributed by atoms with Crippen molar-refractivity contribution in [1.29, 1.82) is 0 Å². The Labute approximate surface area is 102 Å². The number of nitrogens with zero attached hydrogens (tertiary/aromatic N) is 3. The molecule has 0 spiro atoms. The van der Waals surface area contributed by atoms with Crippen molar-refractivity contribution in [3.63, 3.8) is 0 Å². The Bertz CT molecular complexity index is 387. The Morgan fingerprint density at radius 2 is 2.00 bits per heavy atom. The maximum atomic E-state index is 11.7. The standard InChI is InChI=1S/C12H21N3O2/c1-6-8(3)9(4)15-10(5)13-14-11(15)12(16)17-7-2/h8-9H,6-7H2,1-5H3. The maximum absolute atomic E-state index is 11.7. The molecule has 0 radical (unpaired) electrons. The first-order valence-corrected chi connectivity index (χ1v) is 6.11. The number of esters is 1. The minimum absolute atomic E-state index is 0.189. The number of hydrogen-bond acceptors (Lipinski definition) is 4. The highest BCUT2D eigenvalue weighted by molar-refractivity contribution is 5.85. The molecule has 0 aliphatic carbocycles. The zero-order chi connectivity index (χ0) is 13.0. The van der Waals surface area contributed by atoms with E-state index < -0.39 is 5.97 Å². The molecule has 1 rings (SSSR count). The molecule has 1 aromatic rings. The molecule has 0 aliphatic heterocycles. The highest BCUT2D eigenvalue weighted by Crippen LogP contribution is 2.23. The summed E-state index contributed by atoms with van der Waals surface area (Å²) in [6.45, 7) is 10.3. The topological polar surface area (TPSA) is 57.0 Å². The van der Waals surface area contributed by atoms with E-state index >= 15 is 0 Å². The van der Waals surface area contributed by atoms with Gasteiger partial charge in [0.1, 0.15) is 5.82 Å². The van der Waals surface area contributed by atoms with Crippen molar-refractivity contribution in [2.75, 3.05) is 6.61 Å². The van der Waals surface area contributed by atoms with Crippen molar-refractivity contribution in [3.05, 3.63) is 11.6 Å². The van der Waals surface area contributed by atoms with Crippen LogP contribution in [0.2, 0.25) is 0 Å². The Kier molecular flexibility index (Phi) is 4.66. The van der Waals surface area contributed by atoms with Crippen LogP contribution in [0.15, 0.2) is 0 Å². The number of carbonyl (C=O) groups is 1. The highest BCUT2D eigenvalue weighted by Gasteiger charge is 2.24. The van der Waals surface area contributed by atoms with E-state index in [0.717, 1.165) is 12.2 Å². The van der Waals surface area contributed by atoms with Crippen LogP contribution in [0.1, 0.15) is 56.6 Å². The summed E-state index contributed by atoms with van der Waals surface area (Å²) in [6.07, 6.45) is 1.04. The second-order valence-corrected chi connectivity index (χ2v) is 4.29. The molecule has 0 saturated heterocycles. The normalized spacial score (nSPS) is 14.4. The van der Waals surface area contributed by atoms with Gasteiger partial charge >= 0.3 is 5.97 Å². The van der Waals surface area contributed by atoms with Crippen molar-refractivity contribution in [2.24, 2.45) is 5.92 Å². The molecule has 0 fully saturated rings. The predicted molar refractivity (Wildman–Crippen MR) is 64.9 cm³/mol. The van der Waals surface area contributed by atoms with E-state index in [0.29, 0.717) is 18.3 Å². The predicted octanol–water partition coefficient (Wildman–Crippen LogP) is 2.37. The highest BCUT2D eigenvalue weighted by atomic mass is 16.5. The van der Waals surface area contributed by atoms with Gasteiger partial charge in [0.15, 0.2) is 0 Å². The molecular formula is C12H21N3O2. The monoisotopic (exact) mass is 239 g/mol. The number of rotatable bonds is 5. The van der Waals surface area contributed by atoms with Crippen LogP contribution in [0, 0.1) is 12.8 Å². The molecule has 0 N–H and O–H groups in total. The third-order valence-corrected chi connectivity index (χ3v) is 3.20. The second-order valence-electron chi connectivity index (χ2n) is 4.29. The molecule has 0 aromatic carbocycles. The number of aromatic nitrogens is 3. The summed E-state index contributed by atoms with van der Waals surface area (Å²) < 4.78 is 6.85. The van der Waals surface area contributed by atoms with Gasteiger partial charge in [-0.05, 0) is 26.7 Å². The first-order chi connectivity index (χ1) is 8.02. The molecule has 17 heavy (non-hydrogen) atoms. The first kappa shape index (κ1) is 13.7. The van der Waals surface area contributed by atoms with Gasteiger partial charge < -0.3 is 9.30 Å². The summed E-state index contributed by atoms with van der Waals surface area (Å²) in [6, 6.07) is 0.189. The van der Waals surface area contributed by atoms with E-state index in [1.165, 1.54) is 0 Å². The number of aryl methyl sites for hydroxylation is 1. The van der Waals surface area contributed by atoms with Gasteiger partial charge in [0, 0.05) is 6.04 Å². The summed E-state index contributed by atoms with van der Waals surface area (Å²) >= 11 is 0. The van der Waals surface area contributed by atoms with Crippen LogP contribution < -0.4 is 0 Å².